The van der Waals surface area contributed by atoms with Gasteiger partial charge >= 0.3 is 5.97 Å². The molecule has 0 aliphatic carbocycles. The van der Waals surface area contributed by atoms with E-state index in [1.54, 1.807) is 17.6 Å². The Labute approximate surface area is 124 Å². The molecule has 3 rings (SSSR count). The lowest BCUT2D eigenvalue weighted by molar-refractivity contribution is -0.116. The van der Waals surface area contributed by atoms with Gasteiger partial charge in [-0.1, -0.05) is 11.6 Å². The standard InChI is InChI=1S/C14H11ClN2O4/c1-2-21-14(20)9-5-17-6-11(18)16-10-4-7(15)3-8(12(10)17)13(9)19/h3-5H,2,6H2,1H3,(H,16,18). The van der Waals surface area contributed by atoms with Crippen molar-refractivity contribution in [3.05, 3.63) is 39.1 Å². The van der Waals surface area contributed by atoms with Gasteiger partial charge in [-0.3, -0.25) is 9.59 Å². The molecule has 1 aliphatic rings. The minimum atomic E-state index is -0.708. The van der Waals surface area contributed by atoms with Crippen LogP contribution in [0, 0.1) is 0 Å². The Hall–Kier alpha value is -2.34. The summed E-state index contributed by atoms with van der Waals surface area (Å²) in [7, 11) is 0. The fourth-order valence-electron chi connectivity index (χ4n) is 2.42. The van der Waals surface area contributed by atoms with Gasteiger partial charge in [-0.25, -0.2) is 4.79 Å². The maximum Gasteiger partial charge on any atom is 0.343 e. The Morgan fingerprint density at radius 2 is 2.19 bits per heavy atom. The molecule has 1 N–H and O–H groups in total. The second-order valence-corrected chi connectivity index (χ2v) is 5.05. The first-order chi connectivity index (χ1) is 10.0. The molecule has 0 saturated heterocycles. The molecule has 21 heavy (non-hydrogen) atoms. The molecule has 2 aromatic rings. The van der Waals surface area contributed by atoms with Crippen LogP contribution in [0.15, 0.2) is 23.1 Å². The SMILES string of the molecule is CCOC(=O)c1cn2c3c(cc(Cl)cc3c1=O)NC(=O)C2. The van der Waals surface area contributed by atoms with Crippen molar-refractivity contribution in [3.63, 3.8) is 0 Å². The summed E-state index contributed by atoms with van der Waals surface area (Å²) in [5.41, 5.74) is 0.449. The number of nitrogens with one attached hydrogen (secondary N) is 1. The monoisotopic (exact) mass is 306 g/mol. The van der Waals surface area contributed by atoms with E-state index >= 15 is 0 Å². The Morgan fingerprint density at radius 3 is 2.90 bits per heavy atom. The molecule has 0 unspecified atom stereocenters. The van der Waals surface area contributed by atoms with E-state index in [-0.39, 0.29) is 30.0 Å². The Bertz CT molecular complexity index is 841. The first kappa shape index (κ1) is 13.6. The molecular weight excluding hydrogens is 296 g/mol. The first-order valence-electron chi connectivity index (χ1n) is 6.35. The third kappa shape index (κ3) is 2.17. The molecule has 1 aromatic carbocycles. The van der Waals surface area contributed by atoms with Crippen LogP contribution in [-0.4, -0.2) is 23.1 Å². The molecule has 1 aromatic heterocycles. The van der Waals surface area contributed by atoms with E-state index in [0.29, 0.717) is 16.2 Å². The van der Waals surface area contributed by atoms with Crippen molar-refractivity contribution in [3.8, 4) is 0 Å². The topological polar surface area (TPSA) is 77.4 Å². The fourth-order valence-corrected chi connectivity index (χ4v) is 2.64. The number of nitrogens with zero attached hydrogens (tertiary/aromatic N) is 1. The van der Waals surface area contributed by atoms with E-state index in [4.69, 9.17) is 16.3 Å². The van der Waals surface area contributed by atoms with Crippen LogP contribution < -0.4 is 10.7 Å². The van der Waals surface area contributed by atoms with Crippen LogP contribution in [0.1, 0.15) is 17.3 Å². The normalized spacial score (nSPS) is 13.1. The molecule has 1 aliphatic heterocycles. The van der Waals surface area contributed by atoms with Crippen LogP contribution in [0.4, 0.5) is 5.69 Å². The summed E-state index contributed by atoms with van der Waals surface area (Å²) in [6, 6.07) is 3.06. The lowest BCUT2D eigenvalue weighted by atomic mass is 10.1. The fraction of sp³-hybridized carbons (Fsp3) is 0.214. The van der Waals surface area contributed by atoms with Crippen molar-refractivity contribution < 1.29 is 14.3 Å². The zero-order chi connectivity index (χ0) is 15.1. The highest BCUT2D eigenvalue weighted by molar-refractivity contribution is 6.32. The molecule has 0 bridgehead atoms. The lowest BCUT2D eigenvalue weighted by Crippen LogP contribution is -2.29. The minimum absolute atomic E-state index is 0.0256. The van der Waals surface area contributed by atoms with Gasteiger partial charge in [-0.05, 0) is 19.1 Å². The van der Waals surface area contributed by atoms with Crippen LogP contribution in [0.5, 0.6) is 0 Å². The quantitative estimate of drug-likeness (QED) is 0.858. The van der Waals surface area contributed by atoms with Gasteiger partial charge < -0.3 is 14.6 Å². The number of carbonyl (C=O) groups is 2. The van der Waals surface area contributed by atoms with Crippen LogP contribution >= 0.6 is 11.6 Å². The Balaban J connectivity index is 2.36. The van der Waals surface area contributed by atoms with E-state index in [0.717, 1.165) is 0 Å². The number of carbonyl (C=O) groups excluding carboxylic acids is 2. The average molecular weight is 307 g/mol. The highest BCUT2D eigenvalue weighted by Gasteiger charge is 2.23. The highest BCUT2D eigenvalue weighted by Crippen LogP contribution is 2.29. The molecule has 108 valence electrons. The average Bonchev–Trinajstić information content (AvgIpc) is 2.41. The van der Waals surface area contributed by atoms with E-state index in [1.165, 1.54) is 12.3 Å². The van der Waals surface area contributed by atoms with Gasteiger partial charge in [0.05, 0.1) is 23.2 Å². The van der Waals surface area contributed by atoms with Crippen LogP contribution in [-0.2, 0) is 16.1 Å². The van der Waals surface area contributed by atoms with E-state index in [1.807, 2.05) is 0 Å². The van der Waals surface area contributed by atoms with Crippen molar-refractivity contribution in [1.29, 1.82) is 0 Å². The van der Waals surface area contributed by atoms with Crippen molar-refractivity contribution in [2.24, 2.45) is 0 Å². The van der Waals surface area contributed by atoms with Crippen molar-refractivity contribution in [1.82, 2.24) is 4.57 Å². The zero-order valence-corrected chi connectivity index (χ0v) is 11.9. The second-order valence-electron chi connectivity index (χ2n) is 4.62. The molecule has 6 nitrogen and oxygen atoms in total. The van der Waals surface area contributed by atoms with Gasteiger partial charge in [0.15, 0.2) is 0 Å². The van der Waals surface area contributed by atoms with Gasteiger partial charge in [-0.2, -0.15) is 0 Å². The molecule has 2 heterocycles. The predicted octanol–water partition coefficient (Wildman–Crippen LogP) is 1.78. The number of hydrogen-bond acceptors (Lipinski definition) is 4. The maximum atomic E-state index is 12.4. The van der Waals surface area contributed by atoms with Gasteiger partial charge in [-0.15, -0.1) is 0 Å². The maximum absolute atomic E-state index is 12.4. The largest absolute Gasteiger partial charge is 0.462 e. The highest BCUT2D eigenvalue weighted by atomic mass is 35.5. The predicted molar refractivity (Wildman–Crippen MR) is 77.8 cm³/mol. The minimum Gasteiger partial charge on any atom is -0.462 e. The number of pyridine rings is 1. The van der Waals surface area contributed by atoms with Gasteiger partial charge in [0.2, 0.25) is 11.3 Å². The third-order valence-corrected chi connectivity index (χ3v) is 3.44. The summed E-state index contributed by atoms with van der Waals surface area (Å²) in [5, 5.41) is 3.26. The van der Waals surface area contributed by atoms with Crippen LogP contribution in [0.3, 0.4) is 0 Å². The number of anilines is 1. The summed E-state index contributed by atoms with van der Waals surface area (Å²) in [4.78, 5) is 36.0. The smallest absolute Gasteiger partial charge is 0.343 e. The van der Waals surface area contributed by atoms with Crippen molar-refractivity contribution >= 4 is 40.1 Å². The van der Waals surface area contributed by atoms with Crippen LogP contribution in [0.25, 0.3) is 10.9 Å². The van der Waals surface area contributed by atoms with E-state index in [9.17, 15) is 14.4 Å². The summed E-state index contributed by atoms with van der Waals surface area (Å²) in [5.74, 6) is -0.954. The number of benzene rings is 1. The van der Waals surface area contributed by atoms with Crippen molar-refractivity contribution in [2.45, 2.75) is 13.5 Å². The van der Waals surface area contributed by atoms with Gasteiger partial charge in [0.1, 0.15) is 12.1 Å². The Kier molecular flexibility index (Phi) is 3.17. The molecule has 1 amide bonds. The molecule has 0 radical (unpaired) electrons. The molecule has 0 atom stereocenters. The number of amides is 1. The van der Waals surface area contributed by atoms with Crippen molar-refractivity contribution in [2.75, 3.05) is 11.9 Å². The van der Waals surface area contributed by atoms with E-state index < -0.39 is 11.4 Å². The Morgan fingerprint density at radius 1 is 1.43 bits per heavy atom. The molecule has 0 fully saturated rings. The van der Waals surface area contributed by atoms with Crippen LogP contribution in [0.2, 0.25) is 5.02 Å². The van der Waals surface area contributed by atoms with E-state index in [2.05, 4.69) is 5.32 Å². The summed E-state index contributed by atoms with van der Waals surface area (Å²) < 4.78 is 6.44. The van der Waals surface area contributed by atoms with Gasteiger partial charge in [0.25, 0.3) is 0 Å². The summed E-state index contributed by atoms with van der Waals surface area (Å²) in [6.07, 6.45) is 1.36. The number of hydrogen-bond donors (Lipinski definition) is 1. The molecule has 0 spiro atoms. The van der Waals surface area contributed by atoms with Gasteiger partial charge in [0, 0.05) is 11.2 Å². The first-order valence-corrected chi connectivity index (χ1v) is 6.72. The number of ether oxygens (including phenoxy) is 1. The number of rotatable bonds is 2. The summed E-state index contributed by atoms with van der Waals surface area (Å²) in [6.45, 7) is 1.85. The third-order valence-electron chi connectivity index (χ3n) is 3.22. The molecule has 7 heteroatoms. The number of halogens is 1. The summed E-state index contributed by atoms with van der Waals surface area (Å²) >= 11 is 5.98. The molecular formula is C14H11ClN2O4. The zero-order valence-electron chi connectivity index (χ0n) is 11.1. The second kappa shape index (κ2) is 4.89. The lowest BCUT2D eigenvalue weighted by Gasteiger charge is -2.21. The molecule has 0 saturated carbocycles. The number of esters is 1. The number of aromatic nitrogens is 1.